The molecular weight excluding hydrogens is 398 g/mol. The van der Waals surface area contributed by atoms with Gasteiger partial charge in [-0.3, -0.25) is 10.2 Å². The maximum Gasteiger partial charge on any atom is 0.337 e. The minimum absolute atomic E-state index is 0.277. The van der Waals surface area contributed by atoms with Crippen molar-refractivity contribution in [1.82, 2.24) is 10.9 Å². The van der Waals surface area contributed by atoms with Gasteiger partial charge in [0, 0.05) is 15.7 Å². The fourth-order valence-electron chi connectivity index (χ4n) is 2.76. The van der Waals surface area contributed by atoms with Crippen molar-refractivity contribution in [2.24, 2.45) is 0 Å². The van der Waals surface area contributed by atoms with Crippen LogP contribution in [0, 0.1) is 0 Å². The summed E-state index contributed by atoms with van der Waals surface area (Å²) in [5, 5.41) is 2.62. The summed E-state index contributed by atoms with van der Waals surface area (Å²) in [5.74, 6) is 0.359. The fourth-order valence-corrected chi connectivity index (χ4v) is 3.03. The van der Waals surface area contributed by atoms with E-state index in [1.165, 1.54) is 12.8 Å². The predicted molar refractivity (Wildman–Crippen MR) is 103 cm³/mol. The predicted octanol–water partition coefficient (Wildman–Crippen LogP) is 4.24. The Labute approximate surface area is 160 Å². The van der Waals surface area contributed by atoms with Gasteiger partial charge < -0.3 is 10.1 Å². The molecule has 3 N–H and O–H groups in total. The highest BCUT2D eigenvalue weighted by Crippen LogP contribution is 2.24. The van der Waals surface area contributed by atoms with Gasteiger partial charge in [0.2, 0.25) is 0 Å². The van der Waals surface area contributed by atoms with Crippen molar-refractivity contribution in [2.75, 3.05) is 5.32 Å². The van der Waals surface area contributed by atoms with Crippen LogP contribution in [0.25, 0.3) is 0 Å². The highest BCUT2D eigenvalue weighted by molar-refractivity contribution is 9.10. The molecule has 0 radical (unpaired) electrons. The first kappa shape index (κ1) is 18.3. The second-order valence-electron chi connectivity index (χ2n) is 6.09. The van der Waals surface area contributed by atoms with E-state index >= 15 is 0 Å². The third-order valence-electron chi connectivity index (χ3n) is 4.11. The monoisotopic (exact) mass is 417 g/mol. The van der Waals surface area contributed by atoms with Crippen molar-refractivity contribution in [2.45, 2.75) is 31.8 Å². The Balaban J connectivity index is 1.46. The maximum absolute atomic E-state index is 12.1. The SMILES string of the molecule is O=C(NNC(=O)c1ccc(OC2CCCC2)cc1)Nc1ccc(Br)cc1. The second kappa shape index (κ2) is 8.71. The van der Waals surface area contributed by atoms with Gasteiger partial charge in [-0.05, 0) is 74.2 Å². The molecule has 0 spiro atoms. The molecule has 1 fully saturated rings. The average molecular weight is 418 g/mol. The number of ether oxygens (including phenoxy) is 1. The van der Waals surface area contributed by atoms with Crippen molar-refractivity contribution in [3.05, 3.63) is 58.6 Å². The Kier molecular flexibility index (Phi) is 6.12. The largest absolute Gasteiger partial charge is 0.490 e. The molecule has 26 heavy (non-hydrogen) atoms. The van der Waals surface area contributed by atoms with E-state index in [1.54, 1.807) is 36.4 Å². The molecule has 0 heterocycles. The normalized spacial score (nSPS) is 13.9. The Hall–Kier alpha value is -2.54. The molecule has 0 unspecified atom stereocenters. The molecule has 0 aromatic heterocycles. The van der Waals surface area contributed by atoms with Crippen LogP contribution in [0.1, 0.15) is 36.0 Å². The number of nitrogens with one attached hydrogen (secondary N) is 3. The van der Waals surface area contributed by atoms with Crippen molar-refractivity contribution in [3.63, 3.8) is 0 Å². The molecule has 0 atom stereocenters. The van der Waals surface area contributed by atoms with Gasteiger partial charge in [-0.25, -0.2) is 10.2 Å². The number of hydrogen-bond donors (Lipinski definition) is 3. The summed E-state index contributed by atoms with van der Waals surface area (Å²) in [5.41, 5.74) is 5.75. The quantitative estimate of drug-likeness (QED) is 0.650. The van der Waals surface area contributed by atoms with Gasteiger partial charge in [0.15, 0.2) is 0 Å². The van der Waals surface area contributed by atoms with Crippen LogP contribution >= 0.6 is 15.9 Å². The minimum Gasteiger partial charge on any atom is -0.490 e. The van der Waals surface area contributed by atoms with Crippen LogP contribution in [-0.2, 0) is 0 Å². The lowest BCUT2D eigenvalue weighted by Gasteiger charge is -2.13. The van der Waals surface area contributed by atoms with Gasteiger partial charge in [0.05, 0.1) is 6.10 Å². The van der Waals surface area contributed by atoms with Gasteiger partial charge in [-0.15, -0.1) is 0 Å². The molecule has 2 aromatic rings. The number of hydrogen-bond acceptors (Lipinski definition) is 3. The Morgan fingerprint density at radius 1 is 0.923 bits per heavy atom. The first-order chi connectivity index (χ1) is 12.6. The zero-order valence-corrected chi connectivity index (χ0v) is 15.7. The molecule has 0 aliphatic heterocycles. The highest BCUT2D eigenvalue weighted by Gasteiger charge is 2.16. The first-order valence-electron chi connectivity index (χ1n) is 8.50. The van der Waals surface area contributed by atoms with Crippen LogP contribution in [0.2, 0.25) is 0 Å². The van der Waals surface area contributed by atoms with E-state index in [1.807, 2.05) is 12.1 Å². The van der Waals surface area contributed by atoms with Crippen molar-refractivity contribution in [1.29, 1.82) is 0 Å². The first-order valence-corrected chi connectivity index (χ1v) is 9.29. The third-order valence-corrected chi connectivity index (χ3v) is 4.64. The van der Waals surface area contributed by atoms with Gasteiger partial charge in [-0.1, -0.05) is 15.9 Å². The van der Waals surface area contributed by atoms with Crippen LogP contribution < -0.4 is 20.9 Å². The molecule has 6 nitrogen and oxygen atoms in total. The Morgan fingerprint density at radius 2 is 1.58 bits per heavy atom. The molecule has 0 saturated heterocycles. The lowest BCUT2D eigenvalue weighted by Crippen LogP contribution is -2.43. The van der Waals surface area contributed by atoms with E-state index in [0.717, 1.165) is 23.1 Å². The molecule has 3 rings (SSSR count). The van der Waals surface area contributed by atoms with E-state index in [4.69, 9.17) is 4.74 Å². The number of carbonyl (C=O) groups excluding carboxylic acids is 2. The molecule has 0 bridgehead atoms. The number of anilines is 1. The summed E-state index contributed by atoms with van der Waals surface area (Å²) < 4.78 is 6.78. The summed E-state index contributed by atoms with van der Waals surface area (Å²) in [7, 11) is 0. The lowest BCUT2D eigenvalue weighted by molar-refractivity contribution is 0.0938. The highest BCUT2D eigenvalue weighted by atomic mass is 79.9. The van der Waals surface area contributed by atoms with Crippen LogP contribution in [0.15, 0.2) is 53.0 Å². The molecule has 7 heteroatoms. The number of carbonyl (C=O) groups is 2. The lowest BCUT2D eigenvalue weighted by atomic mass is 10.2. The number of rotatable bonds is 4. The van der Waals surface area contributed by atoms with E-state index in [-0.39, 0.29) is 6.10 Å². The zero-order valence-electron chi connectivity index (χ0n) is 14.1. The molecule has 3 amide bonds. The van der Waals surface area contributed by atoms with Crippen LogP contribution in [0.4, 0.5) is 10.5 Å². The number of urea groups is 1. The summed E-state index contributed by atoms with van der Waals surface area (Å²) in [6, 6.07) is 13.5. The Bertz CT molecular complexity index is 757. The molecule has 1 aliphatic carbocycles. The number of halogens is 1. The van der Waals surface area contributed by atoms with Crippen molar-refractivity contribution < 1.29 is 14.3 Å². The standard InChI is InChI=1S/C19H20BrN3O3/c20-14-7-9-15(10-8-14)21-19(25)23-22-18(24)13-5-11-17(12-6-13)26-16-3-1-2-4-16/h5-12,16H,1-4H2,(H,22,24)(H2,21,23,25). The van der Waals surface area contributed by atoms with Gasteiger partial charge in [-0.2, -0.15) is 0 Å². The maximum atomic E-state index is 12.1. The fraction of sp³-hybridized carbons (Fsp3) is 0.263. The Morgan fingerprint density at radius 3 is 2.23 bits per heavy atom. The molecule has 136 valence electrons. The molecule has 1 saturated carbocycles. The number of hydrazine groups is 1. The van der Waals surface area contributed by atoms with Crippen molar-refractivity contribution >= 4 is 33.6 Å². The van der Waals surface area contributed by atoms with E-state index in [2.05, 4.69) is 32.1 Å². The molecule has 1 aliphatic rings. The van der Waals surface area contributed by atoms with E-state index in [0.29, 0.717) is 11.3 Å². The topological polar surface area (TPSA) is 79.5 Å². The third kappa shape index (κ3) is 5.23. The van der Waals surface area contributed by atoms with E-state index in [9.17, 15) is 9.59 Å². The number of amides is 3. The molecule has 2 aromatic carbocycles. The van der Waals surface area contributed by atoms with Gasteiger partial charge in [0.25, 0.3) is 5.91 Å². The summed E-state index contributed by atoms with van der Waals surface area (Å²) >= 11 is 3.32. The average Bonchev–Trinajstić information content (AvgIpc) is 3.15. The molecular formula is C19H20BrN3O3. The van der Waals surface area contributed by atoms with E-state index < -0.39 is 11.9 Å². The second-order valence-corrected chi connectivity index (χ2v) is 7.00. The van der Waals surface area contributed by atoms with Crippen LogP contribution in [-0.4, -0.2) is 18.0 Å². The zero-order chi connectivity index (χ0) is 18.4. The smallest absolute Gasteiger partial charge is 0.337 e. The number of benzene rings is 2. The summed E-state index contributed by atoms with van der Waals surface area (Å²) in [6.45, 7) is 0. The summed E-state index contributed by atoms with van der Waals surface area (Å²) in [6.07, 6.45) is 4.86. The van der Waals surface area contributed by atoms with Gasteiger partial charge in [0.1, 0.15) is 5.75 Å². The summed E-state index contributed by atoms with van der Waals surface area (Å²) in [4.78, 5) is 23.9. The van der Waals surface area contributed by atoms with Crippen molar-refractivity contribution in [3.8, 4) is 5.75 Å². The van der Waals surface area contributed by atoms with Crippen LogP contribution in [0.3, 0.4) is 0 Å². The van der Waals surface area contributed by atoms with Crippen LogP contribution in [0.5, 0.6) is 5.75 Å². The minimum atomic E-state index is -0.526. The van der Waals surface area contributed by atoms with Gasteiger partial charge >= 0.3 is 6.03 Å².